The average Bonchev–Trinajstić information content (AvgIpc) is 1.85. The zero-order valence-corrected chi connectivity index (χ0v) is 8.10. The second kappa shape index (κ2) is 3.47. The quantitative estimate of drug-likeness (QED) is 0.683. The minimum Gasteiger partial charge on any atom is -0.205 e. The summed E-state index contributed by atoms with van der Waals surface area (Å²) in [5.41, 5.74) is 0.819. The van der Waals surface area contributed by atoms with Crippen LogP contribution >= 0.6 is 22.6 Å². The van der Waals surface area contributed by atoms with Gasteiger partial charge in [0.25, 0.3) is 6.43 Å². The van der Waals surface area contributed by atoms with E-state index in [-0.39, 0.29) is 5.56 Å². The lowest BCUT2D eigenvalue weighted by Gasteiger charge is -2.05. The molecule has 0 aliphatic heterocycles. The maximum absolute atomic E-state index is 12.3. The standard InChI is InChI=1S/C8H7F2I/c1-5-3-2-4-6(11)7(5)8(9)10/h2-4,8H,1H3. The number of alkyl halides is 2. The summed E-state index contributed by atoms with van der Waals surface area (Å²) in [5, 5.41) is 0. The normalized spacial score (nSPS) is 10.6. The number of benzene rings is 1. The Morgan fingerprint density at radius 1 is 1.36 bits per heavy atom. The first kappa shape index (κ1) is 8.90. The van der Waals surface area contributed by atoms with E-state index in [9.17, 15) is 8.78 Å². The summed E-state index contributed by atoms with van der Waals surface area (Å²) < 4.78 is 25.2. The molecular weight excluding hydrogens is 261 g/mol. The van der Waals surface area contributed by atoms with E-state index in [4.69, 9.17) is 0 Å². The Hall–Kier alpha value is -0.190. The molecule has 0 spiro atoms. The molecular formula is C8H7F2I. The SMILES string of the molecule is Cc1cccc(I)c1C(F)F. The van der Waals surface area contributed by atoms with Crippen molar-refractivity contribution in [1.29, 1.82) is 0 Å². The molecule has 0 N–H and O–H groups in total. The van der Waals surface area contributed by atoms with Gasteiger partial charge in [-0.05, 0) is 41.1 Å². The number of halogens is 3. The van der Waals surface area contributed by atoms with Crippen molar-refractivity contribution in [3.05, 3.63) is 32.9 Å². The van der Waals surface area contributed by atoms with Crippen LogP contribution in [0.2, 0.25) is 0 Å². The van der Waals surface area contributed by atoms with Crippen LogP contribution < -0.4 is 0 Å². The van der Waals surface area contributed by atoms with Crippen molar-refractivity contribution < 1.29 is 8.78 Å². The summed E-state index contributed by atoms with van der Waals surface area (Å²) in [7, 11) is 0. The van der Waals surface area contributed by atoms with Crippen LogP contribution in [0.4, 0.5) is 8.78 Å². The van der Waals surface area contributed by atoms with Gasteiger partial charge in [-0.2, -0.15) is 0 Å². The molecule has 1 aromatic rings. The van der Waals surface area contributed by atoms with Crippen LogP contribution in [0.15, 0.2) is 18.2 Å². The molecule has 0 aliphatic rings. The molecule has 0 heterocycles. The van der Waals surface area contributed by atoms with E-state index < -0.39 is 6.43 Å². The molecule has 0 aromatic heterocycles. The highest BCUT2D eigenvalue weighted by Crippen LogP contribution is 2.26. The van der Waals surface area contributed by atoms with Crippen LogP contribution in [-0.4, -0.2) is 0 Å². The Kier molecular flexibility index (Phi) is 2.81. The Bertz CT molecular complexity index is 238. The van der Waals surface area contributed by atoms with Crippen LogP contribution in [0.5, 0.6) is 0 Å². The van der Waals surface area contributed by atoms with Crippen LogP contribution in [-0.2, 0) is 0 Å². The topological polar surface area (TPSA) is 0 Å². The second-order valence-corrected chi connectivity index (χ2v) is 3.43. The average molecular weight is 268 g/mol. The molecule has 0 aliphatic carbocycles. The largest absolute Gasteiger partial charge is 0.265 e. The van der Waals surface area contributed by atoms with Gasteiger partial charge in [-0.3, -0.25) is 0 Å². The molecule has 0 nitrogen and oxygen atoms in total. The number of hydrogen-bond acceptors (Lipinski definition) is 0. The van der Waals surface area contributed by atoms with Gasteiger partial charge in [-0.1, -0.05) is 12.1 Å². The molecule has 3 heteroatoms. The minimum absolute atomic E-state index is 0.160. The molecule has 1 rings (SSSR count). The molecule has 0 unspecified atom stereocenters. The minimum atomic E-state index is -2.36. The van der Waals surface area contributed by atoms with Gasteiger partial charge in [0.2, 0.25) is 0 Å². The summed E-state index contributed by atoms with van der Waals surface area (Å²) in [6.45, 7) is 1.70. The summed E-state index contributed by atoms with van der Waals surface area (Å²) in [6, 6.07) is 5.17. The van der Waals surface area contributed by atoms with Crippen molar-refractivity contribution in [1.82, 2.24) is 0 Å². The smallest absolute Gasteiger partial charge is 0.205 e. The molecule has 1 aromatic carbocycles. The van der Waals surface area contributed by atoms with E-state index in [2.05, 4.69) is 0 Å². The highest BCUT2D eigenvalue weighted by Gasteiger charge is 2.12. The maximum Gasteiger partial charge on any atom is 0.265 e. The molecule has 0 atom stereocenters. The fourth-order valence-corrected chi connectivity index (χ4v) is 1.79. The molecule has 0 fully saturated rings. The zero-order chi connectivity index (χ0) is 8.43. The molecule has 0 bridgehead atoms. The van der Waals surface area contributed by atoms with Gasteiger partial charge >= 0.3 is 0 Å². The third kappa shape index (κ3) is 1.89. The van der Waals surface area contributed by atoms with E-state index in [1.165, 1.54) is 0 Å². The Balaban J connectivity index is 3.21. The lowest BCUT2D eigenvalue weighted by molar-refractivity contribution is 0.149. The second-order valence-electron chi connectivity index (χ2n) is 2.27. The zero-order valence-electron chi connectivity index (χ0n) is 5.94. The van der Waals surface area contributed by atoms with Gasteiger partial charge in [0.05, 0.1) is 0 Å². The van der Waals surface area contributed by atoms with E-state index in [1.54, 1.807) is 25.1 Å². The highest BCUT2D eigenvalue weighted by molar-refractivity contribution is 14.1. The third-order valence-corrected chi connectivity index (χ3v) is 2.43. The Morgan fingerprint density at radius 3 is 2.36 bits per heavy atom. The summed E-state index contributed by atoms with van der Waals surface area (Å²) >= 11 is 1.92. The van der Waals surface area contributed by atoms with Crippen molar-refractivity contribution in [2.75, 3.05) is 0 Å². The summed E-state index contributed by atoms with van der Waals surface area (Å²) in [5.74, 6) is 0. The van der Waals surface area contributed by atoms with Gasteiger partial charge in [0.15, 0.2) is 0 Å². The van der Waals surface area contributed by atoms with Crippen molar-refractivity contribution in [2.45, 2.75) is 13.3 Å². The van der Waals surface area contributed by atoms with Crippen LogP contribution in [0.25, 0.3) is 0 Å². The molecule has 0 saturated carbocycles. The first-order valence-electron chi connectivity index (χ1n) is 3.16. The van der Waals surface area contributed by atoms with E-state index >= 15 is 0 Å². The van der Waals surface area contributed by atoms with Crippen LogP contribution in [0, 0.1) is 10.5 Å². The molecule has 0 amide bonds. The lowest BCUT2D eigenvalue weighted by Crippen LogP contribution is -1.92. The molecule has 0 saturated heterocycles. The van der Waals surface area contributed by atoms with Crippen molar-refractivity contribution in [3.8, 4) is 0 Å². The first-order chi connectivity index (χ1) is 5.13. The van der Waals surface area contributed by atoms with Gasteiger partial charge in [-0.25, -0.2) is 8.78 Å². The van der Waals surface area contributed by atoms with E-state index in [1.807, 2.05) is 22.6 Å². The number of aryl methyl sites for hydroxylation is 1. The van der Waals surface area contributed by atoms with Gasteiger partial charge in [-0.15, -0.1) is 0 Å². The Labute approximate surface area is 77.8 Å². The monoisotopic (exact) mass is 268 g/mol. The predicted octanol–water partition coefficient (Wildman–Crippen LogP) is 3.54. The molecule has 11 heavy (non-hydrogen) atoms. The fourth-order valence-electron chi connectivity index (χ4n) is 0.921. The van der Waals surface area contributed by atoms with Gasteiger partial charge < -0.3 is 0 Å². The van der Waals surface area contributed by atoms with Crippen molar-refractivity contribution >= 4 is 22.6 Å². The molecule has 0 radical (unpaired) electrons. The van der Waals surface area contributed by atoms with Gasteiger partial charge in [0, 0.05) is 9.13 Å². The van der Waals surface area contributed by atoms with Crippen LogP contribution in [0.3, 0.4) is 0 Å². The van der Waals surface area contributed by atoms with Crippen LogP contribution in [0.1, 0.15) is 17.6 Å². The van der Waals surface area contributed by atoms with Crippen molar-refractivity contribution in [3.63, 3.8) is 0 Å². The van der Waals surface area contributed by atoms with Crippen molar-refractivity contribution in [2.24, 2.45) is 0 Å². The number of rotatable bonds is 1. The lowest BCUT2D eigenvalue weighted by atomic mass is 10.1. The molecule has 60 valence electrons. The summed E-state index contributed by atoms with van der Waals surface area (Å²) in [6.07, 6.45) is -2.36. The fraction of sp³-hybridized carbons (Fsp3) is 0.250. The third-order valence-electron chi connectivity index (χ3n) is 1.49. The number of hydrogen-bond donors (Lipinski definition) is 0. The first-order valence-corrected chi connectivity index (χ1v) is 4.24. The maximum atomic E-state index is 12.3. The van der Waals surface area contributed by atoms with E-state index in [0.29, 0.717) is 9.13 Å². The van der Waals surface area contributed by atoms with E-state index in [0.717, 1.165) is 0 Å². The Morgan fingerprint density at radius 2 is 2.00 bits per heavy atom. The summed E-state index contributed by atoms with van der Waals surface area (Å²) in [4.78, 5) is 0. The van der Waals surface area contributed by atoms with Gasteiger partial charge in [0.1, 0.15) is 0 Å². The highest BCUT2D eigenvalue weighted by atomic mass is 127. The predicted molar refractivity (Wildman–Crippen MR) is 48.9 cm³/mol.